The Balaban J connectivity index is 2.76. The highest BCUT2D eigenvalue weighted by Gasteiger charge is 1.99. The van der Waals surface area contributed by atoms with E-state index in [2.05, 4.69) is 4.99 Å². The lowest BCUT2D eigenvalue weighted by molar-refractivity contribution is 0.0836. The second-order valence-electron chi connectivity index (χ2n) is 3.58. The zero-order valence-corrected chi connectivity index (χ0v) is 10.3. The van der Waals surface area contributed by atoms with Gasteiger partial charge in [0.2, 0.25) is 0 Å². The summed E-state index contributed by atoms with van der Waals surface area (Å²) in [6.07, 6.45) is 3.07. The Hall–Kier alpha value is -1.81. The average Bonchev–Trinajstić information content (AvgIpc) is 2.32. The molecule has 0 amide bonds. The van der Waals surface area contributed by atoms with Gasteiger partial charge in [0.05, 0.1) is 0 Å². The number of rotatable bonds is 5. The largest absolute Gasteiger partial charge is 0.404 e. The molecule has 1 atom stereocenters. The van der Waals surface area contributed by atoms with Crippen molar-refractivity contribution >= 4 is 17.5 Å². The van der Waals surface area contributed by atoms with Crippen LogP contribution in [-0.4, -0.2) is 19.0 Å². The SMILES string of the molecule is CCOC(C)N=CC(=CN)c1ccc(N)cc1. The molecule has 0 heterocycles. The summed E-state index contributed by atoms with van der Waals surface area (Å²) in [5, 5.41) is 0. The Morgan fingerprint density at radius 1 is 1.41 bits per heavy atom. The summed E-state index contributed by atoms with van der Waals surface area (Å²) in [5.74, 6) is 0. The normalized spacial score (nSPS) is 14.1. The average molecular weight is 233 g/mol. The zero-order valence-electron chi connectivity index (χ0n) is 10.3. The molecule has 1 aromatic carbocycles. The number of nitrogen functional groups attached to an aromatic ring is 1. The molecule has 0 bridgehead atoms. The Labute approximate surface area is 102 Å². The summed E-state index contributed by atoms with van der Waals surface area (Å²) < 4.78 is 5.31. The molecule has 0 fully saturated rings. The van der Waals surface area contributed by atoms with E-state index < -0.39 is 0 Å². The van der Waals surface area contributed by atoms with Gasteiger partial charge in [-0.3, -0.25) is 4.99 Å². The Bertz CT molecular complexity index is 396. The second kappa shape index (κ2) is 6.70. The highest BCUT2D eigenvalue weighted by atomic mass is 16.5. The summed E-state index contributed by atoms with van der Waals surface area (Å²) in [4.78, 5) is 4.26. The number of nitrogens with two attached hydrogens (primary N) is 2. The van der Waals surface area contributed by atoms with Crippen molar-refractivity contribution in [3.05, 3.63) is 36.0 Å². The molecule has 4 N–H and O–H groups in total. The molecule has 4 heteroatoms. The molecule has 4 nitrogen and oxygen atoms in total. The molecule has 1 aromatic rings. The first-order valence-electron chi connectivity index (χ1n) is 5.60. The van der Waals surface area contributed by atoms with Crippen molar-refractivity contribution < 1.29 is 4.74 Å². The van der Waals surface area contributed by atoms with Crippen LogP contribution in [0.1, 0.15) is 19.4 Å². The number of ether oxygens (including phenoxy) is 1. The number of nitrogens with zero attached hydrogens (tertiary/aromatic N) is 1. The van der Waals surface area contributed by atoms with Crippen molar-refractivity contribution in [2.45, 2.75) is 20.1 Å². The highest BCUT2D eigenvalue weighted by Crippen LogP contribution is 2.13. The molecule has 0 radical (unpaired) electrons. The number of benzene rings is 1. The molecule has 92 valence electrons. The van der Waals surface area contributed by atoms with Crippen LogP contribution in [-0.2, 0) is 4.74 Å². The van der Waals surface area contributed by atoms with Crippen LogP contribution in [0.25, 0.3) is 5.57 Å². The Morgan fingerprint density at radius 3 is 2.59 bits per heavy atom. The molecule has 17 heavy (non-hydrogen) atoms. The summed E-state index contributed by atoms with van der Waals surface area (Å²) in [7, 11) is 0. The van der Waals surface area contributed by atoms with Crippen molar-refractivity contribution in [1.29, 1.82) is 0 Å². The molecule has 1 rings (SSSR count). The highest BCUT2D eigenvalue weighted by molar-refractivity contribution is 6.09. The molecule has 1 unspecified atom stereocenters. The standard InChI is InChI=1S/C13H19N3O/c1-3-17-10(2)16-9-12(8-14)11-4-6-13(15)7-5-11/h4-10H,3,14-15H2,1-2H3. The van der Waals surface area contributed by atoms with Crippen LogP contribution in [0, 0.1) is 0 Å². The van der Waals surface area contributed by atoms with Gasteiger partial charge in [-0.25, -0.2) is 0 Å². The van der Waals surface area contributed by atoms with Crippen LogP contribution in [0.3, 0.4) is 0 Å². The smallest absolute Gasteiger partial charge is 0.145 e. The maximum atomic E-state index is 5.63. The van der Waals surface area contributed by atoms with E-state index in [4.69, 9.17) is 16.2 Å². The van der Waals surface area contributed by atoms with Crippen LogP contribution in [0.4, 0.5) is 5.69 Å². The number of aliphatic imine (C=N–C) groups is 1. The molecule has 0 spiro atoms. The fraction of sp³-hybridized carbons (Fsp3) is 0.308. The summed E-state index contributed by atoms with van der Waals surface area (Å²) >= 11 is 0. The van der Waals surface area contributed by atoms with Crippen molar-refractivity contribution in [3.63, 3.8) is 0 Å². The van der Waals surface area contributed by atoms with Gasteiger partial charge in [0, 0.05) is 30.3 Å². The van der Waals surface area contributed by atoms with E-state index in [0.29, 0.717) is 6.61 Å². The molecule has 0 aromatic heterocycles. The van der Waals surface area contributed by atoms with Crippen LogP contribution in [0.5, 0.6) is 0 Å². The van der Waals surface area contributed by atoms with Gasteiger partial charge in [0.1, 0.15) is 6.23 Å². The molecular formula is C13H19N3O. The minimum atomic E-state index is -0.163. The third kappa shape index (κ3) is 4.28. The molecule has 0 aliphatic carbocycles. The topological polar surface area (TPSA) is 73.6 Å². The van der Waals surface area contributed by atoms with Crippen molar-refractivity contribution in [2.24, 2.45) is 10.7 Å². The van der Waals surface area contributed by atoms with Gasteiger partial charge in [0.25, 0.3) is 0 Å². The minimum Gasteiger partial charge on any atom is -0.404 e. The van der Waals surface area contributed by atoms with E-state index in [1.807, 2.05) is 38.1 Å². The first-order valence-corrected chi connectivity index (χ1v) is 5.60. The minimum absolute atomic E-state index is 0.163. The summed E-state index contributed by atoms with van der Waals surface area (Å²) in [6, 6.07) is 7.48. The van der Waals surface area contributed by atoms with E-state index in [1.165, 1.54) is 6.20 Å². The molecule has 0 saturated heterocycles. The number of hydrogen-bond acceptors (Lipinski definition) is 4. The fourth-order valence-electron chi connectivity index (χ4n) is 1.36. The van der Waals surface area contributed by atoms with E-state index >= 15 is 0 Å². The van der Waals surface area contributed by atoms with Crippen LogP contribution in [0.15, 0.2) is 35.5 Å². The van der Waals surface area contributed by atoms with Crippen LogP contribution in [0.2, 0.25) is 0 Å². The third-order valence-corrected chi connectivity index (χ3v) is 2.25. The first kappa shape index (κ1) is 13.3. The van der Waals surface area contributed by atoms with Gasteiger partial charge in [0.15, 0.2) is 0 Å². The van der Waals surface area contributed by atoms with Gasteiger partial charge in [-0.05, 0) is 31.5 Å². The molecule has 0 aliphatic heterocycles. The Kier molecular flexibility index (Phi) is 5.23. The lowest BCUT2D eigenvalue weighted by Gasteiger charge is -2.06. The van der Waals surface area contributed by atoms with Gasteiger partial charge >= 0.3 is 0 Å². The third-order valence-electron chi connectivity index (χ3n) is 2.25. The second-order valence-corrected chi connectivity index (χ2v) is 3.58. The van der Waals surface area contributed by atoms with E-state index in [0.717, 1.165) is 16.8 Å². The van der Waals surface area contributed by atoms with Gasteiger partial charge < -0.3 is 16.2 Å². The summed E-state index contributed by atoms with van der Waals surface area (Å²) in [5.41, 5.74) is 13.8. The quantitative estimate of drug-likeness (QED) is 0.603. The van der Waals surface area contributed by atoms with Crippen molar-refractivity contribution in [3.8, 4) is 0 Å². The lowest BCUT2D eigenvalue weighted by atomic mass is 10.1. The first-order chi connectivity index (χ1) is 8.17. The predicted octanol–water partition coefficient (Wildman–Crippen LogP) is 2.02. The zero-order chi connectivity index (χ0) is 12.7. The van der Waals surface area contributed by atoms with Gasteiger partial charge in [-0.15, -0.1) is 0 Å². The van der Waals surface area contributed by atoms with E-state index in [9.17, 15) is 0 Å². The van der Waals surface area contributed by atoms with Crippen LogP contribution >= 0.6 is 0 Å². The van der Waals surface area contributed by atoms with Crippen molar-refractivity contribution in [1.82, 2.24) is 0 Å². The predicted molar refractivity (Wildman–Crippen MR) is 72.6 cm³/mol. The number of hydrogen-bond donors (Lipinski definition) is 2. The lowest BCUT2D eigenvalue weighted by Crippen LogP contribution is -2.05. The van der Waals surface area contributed by atoms with Gasteiger partial charge in [-0.1, -0.05) is 12.1 Å². The van der Waals surface area contributed by atoms with Gasteiger partial charge in [-0.2, -0.15) is 0 Å². The van der Waals surface area contributed by atoms with Crippen molar-refractivity contribution in [2.75, 3.05) is 12.3 Å². The summed E-state index contributed by atoms with van der Waals surface area (Å²) in [6.45, 7) is 4.46. The van der Waals surface area contributed by atoms with E-state index in [1.54, 1.807) is 6.21 Å². The molecule has 0 saturated carbocycles. The fourth-order valence-corrected chi connectivity index (χ4v) is 1.36. The number of allylic oxidation sites excluding steroid dienone is 1. The monoisotopic (exact) mass is 233 g/mol. The van der Waals surface area contributed by atoms with E-state index in [-0.39, 0.29) is 6.23 Å². The molecule has 0 aliphatic rings. The van der Waals surface area contributed by atoms with Crippen LogP contribution < -0.4 is 11.5 Å². The maximum absolute atomic E-state index is 5.63. The molecular weight excluding hydrogens is 214 g/mol. The maximum Gasteiger partial charge on any atom is 0.145 e. The Morgan fingerprint density at radius 2 is 2.06 bits per heavy atom. The number of anilines is 1.